The Balaban J connectivity index is 2.51. The van der Waals surface area contributed by atoms with Crippen molar-refractivity contribution in [2.24, 2.45) is 5.41 Å². The third-order valence-electron chi connectivity index (χ3n) is 2.36. The Morgan fingerprint density at radius 1 is 1.25 bits per heavy atom. The van der Waals surface area contributed by atoms with Crippen molar-refractivity contribution in [3.63, 3.8) is 0 Å². The molecule has 2 heteroatoms. The first-order valence-electron chi connectivity index (χ1n) is 5.31. The summed E-state index contributed by atoms with van der Waals surface area (Å²) in [6.07, 6.45) is 0. The van der Waals surface area contributed by atoms with Gasteiger partial charge in [-0.2, -0.15) is 0 Å². The molecule has 0 saturated carbocycles. The van der Waals surface area contributed by atoms with Crippen molar-refractivity contribution in [1.82, 2.24) is 0 Å². The van der Waals surface area contributed by atoms with Crippen LogP contribution in [0, 0.1) is 5.41 Å². The van der Waals surface area contributed by atoms with Crippen LogP contribution < -0.4 is 0 Å². The molecule has 1 aromatic rings. The monoisotopic (exact) mass is 218 g/mol. The normalized spacial score (nSPS) is 10.9. The highest BCUT2D eigenvalue weighted by Crippen LogP contribution is 2.24. The van der Waals surface area contributed by atoms with Crippen LogP contribution in [0.1, 0.15) is 26.3 Å². The van der Waals surface area contributed by atoms with Gasteiger partial charge in [0.15, 0.2) is 0 Å². The van der Waals surface area contributed by atoms with Gasteiger partial charge in [-0.05, 0) is 11.0 Å². The van der Waals surface area contributed by atoms with Crippen LogP contribution in [0.25, 0.3) is 0 Å². The first-order chi connectivity index (χ1) is 7.41. The van der Waals surface area contributed by atoms with Crippen LogP contribution in [0.4, 0.5) is 0 Å². The van der Waals surface area contributed by atoms with Gasteiger partial charge in [0.05, 0.1) is 0 Å². The fourth-order valence-corrected chi connectivity index (χ4v) is 1.12. The number of hydrogen-bond donors (Lipinski definition) is 0. The van der Waals surface area contributed by atoms with Crippen molar-refractivity contribution in [1.29, 1.82) is 0 Å². The van der Waals surface area contributed by atoms with E-state index in [4.69, 9.17) is 4.74 Å². The first-order valence-corrected chi connectivity index (χ1v) is 5.31. The maximum Gasteiger partial charge on any atom is 0.334 e. The fraction of sp³-hybridized carbons (Fsp3) is 0.357. The van der Waals surface area contributed by atoms with E-state index in [9.17, 15) is 4.79 Å². The summed E-state index contributed by atoms with van der Waals surface area (Å²) in [7, 11) is 0. The predicted molar refractivity (Wildman–Crippen MR) is 64.8 cm³/mol. The quantitative estimate of drug-likeness (QED) is 0.574. The van der Waals surface area contributed by atoms with E-state index < -0.39 is 0 Å². The van der Waals surface area contributed by atoms with Crippen LogP contribution in [0.5, 0.6) is 0 Å². The van der Waals surface area contributed by atoms with Crippen molar-refractivity contribution in [2.75, 3.05) is 0 Å². The Labute approximate surface area is 96.9 Å². The van der Waals surface area contributed by atoms with Gasteiger partial charge in [0.2, 0.25) is 0 Å². The molecule has 0 saturated heterocycles. The van der Waals surface area contributed by atoms with E-state index in [1.165, 1.54) is 0 Å². The Morgan fingerprint density at radius 3 is 2.31 bits per heavy atom. The zero-order valence-corrected chi connectivity index (χ0v) is 10.1. The lowest BCUT2D eigenvalue weighted by atomic mass is 9.88. The van der Waals surface area contributed by atoms with Gasteiger partial charge < -0.3 is 4.74 Å². The summed E-state index contributed by atoms with van der Waals surface area (Å²) in [6, 6.07) is 9.61. The number of rotatable bonds is 3. The predicted octanol–water partition coefficient (Wildman–Crippen LogP) is 3.33. The van der Waals surface area contributed by atoms with Crippen LogP contribution in [-0.4, -0.2) is 5.97 Å². The zero-order chi connectivity index (χ0) is 12.2. The second kappa shape index (κ2) is 4.97. The van der Waals surface area contributed by atoms with E-state index >= 15 is 0 Å². The van der Waals surface area contributed by atoms with Gasteiger partial charge in [0.25, 0.3) is 0 Å². The molecule has 2 nitrogen and oxygen atoms in total. The standard InChI is InChI=1S/C14H18O2/c1-11(14(2,3)4)13(15)16-10-12-8-6-5-7-9-12/h5-9H,1,10H2,2-4H3. The van der Waals surface area contributed by atoms with E-state index in [1.54, 1.807) is 0 Å². The molecule has 0 aromatic heterocycles. The molecular weight excluding hydrogens is 200 g/mol. The van der Waals surface area contributed by atoms with Gasteiger partial charge in [-0.3, -0.25) is 0 Å². The smallest absolute Gasteiger partial charge is 0.334 e. The van der Waals surface area contributed by atoms with Gasteiger partial charge >= 0.3 is 5.97 Å². The highest BCUT2D eigenvalue weighted by atomic mass is 16.5. The van der Waals surface area contributed by atoms with Crippen LogP contribution >= 0.6 is 0 Å². The minimum absolute atomic E-state index is 0.242. The lowest BCUT2D eigenvalue weighted by Gasteiger charge is -2.20. The minimum Gasteiger partial charge on any atom is -0.457 e. The second-order valence-corrected chi connectivity index (χ2v) is 4.79. The highest BCUT2D eigenvalue weighted by Gasteiger charge is 2.22. The Bertz CT molecular complexity index is 371. The van der Waals surface area contributed by atoms with Crippen molar-refractivity contribution in [3.8, 4) is 0 Å². The Morgan fingerprint density at radius 2 is 1.81 bits per heavy atom. The molecule has 0 N–H and O–H groups in total. The Hall–Kier alpha value is -1.57. The number of hydrogen-bond acceptors (Lipinski definition) is 2. The first kappa shape index (κ1) is 12.5. The molecule has 0 fully saturated rings. The van der Waals surface area contributed by atoms with E-state index in [0.29, 0.717) is 12.2 Å². The summed E-state index contributed by atoms with van der Waals surface area (Å²) in [6.45, 7) is 9.89. The van der Waals surface area contributed by atoms with Crippen LogP contribution in [0.2, 0.25) is 0 Å². The number of carbonyl (C=O) groups excluding carboxylic acids is 1. The average molecular weight is 218 g/mol. The lowest BCUT2D eigenvalue weighted by molar-refractivity contribution is -0.141. The third-order valence-corrected chi connectivity index (χ3v) is 2.36. The molecule has 86 valence electrons. The summed E-state index contributed by atoms with van der Waals surface area (Å²) in [5.74, 6) is -0.323. The van der Waals surface area contributed by atoms with Crippen LogP contribution in [0.3, 0.4) is 0 Å². The zero-order valence-electron chi connectivity index (χ0n) is 10.1. The van der Waals surface area contributed by atoms with Gasteiger partial charge in [0.1, 0.15) is 6.61 Å². The van der Waals surface area contributed by atoms with E-state index in [1.807, 2.05) is 51.1 Å². The summed E-state index contributed by atoms with van der Waals surface area (Å²) in [5, 5.41) is 0. The van der Waals surface area contributed by atoms with Gasteiger partial charge in [-0.15, -0.1) is 0 Å². The SMILES string of the molecule is C=C(C(=O)OCc1ccccc1)C(C)(C)C. The second-order valence-electron chi connectivity index (χ2n) is 4.79. The van der Waals surface area contributed by atoms with Crippen molar-refractivity contribution in [3.05, 3.63) is 48.0 Å². The summed E-state index contributed by atoms with van der Waals surface area (Å²) in [5.41, 5.74) is 1.24. The lowest BCUT2D eigenvalue weighted by Crippen LogP contribution is -2.19. The minimum atomic E-state index is -0.323. The van der Waals surface area contributed by atoms with Gasteiger partial charge in [0, 0.05) is 5.57 Å². The number of esters is 1. The molecule has 0 spiro atoms. The fourth-order valence-electron chi connectivity index (χ4n) is 1.12. The molecule has 1 rings (SSSR count). The molecule has 0 radical (unpaired) electrons. The van der Waals surface area contributed by atoms with Crippen molar-refractivity contribution >= 4 is 5.97 Å². The topological polar surface area (TPSA) is 26.3 Å². The molecule has 0 aliphatic carbocycles. The molecule has 16 heavy (non-hydrogen) atoms. The molecule has 0 heterocycles. The average Bonchev–Trinajstić information content (AvgIpc) is 2.25. The molecule has 0 amide bonds. The molecule has 0 aliphatic rings. The van der Waals surface area contributed by atoms with Gasteiger partial charge in [-0.1, -0.05) is 57.7 Å². The van der Waals surface area contributed by atoms with Crippen molar-refractivity contribution < 1.29 is 9.53 Å². The molecule has 0 bridgehead atoms. The van der Waals surface area contributed by atoms with Gasteiger partial charge in [-0.25, -0.2) is 4.79 Å². The molecule has 0 aliphatic heterocycles. The van der Waals surface area contributed by atoms with Crippen LogP contribution in [-0.2, 0) is 16.1 Å². The highest BCUT2D eigenvalue weighted by molar-refractivity contribution is 5.88. The maximum atomic E-state index is 11.6. The van der Waals surface area contributed by atoms with E-state index in [0.717, 1.165) is 5.56 Å². The number of benzene rings is 1. The summed E-state index contributed by atoms with van der Waals surface area (Å²) >= 11 is 0. The molecule has 0 atom stereocenters. The number of ether oxygens (including phenoxy) is 1. The molecular formula is C14H18O2. The third kappa shape index (κ3) is 3.54. The molecule has 1 aromatic carbocycles. The number of carbonyl (C=O) groups is 1. The molecule has 0 unspecified atom stereocenters. The maximum absolute atomic E-state index is 11.6. The van der Waals surface area contributed by atoms with E-state index in [2.05, 4.69) is 6.58 Å². The van der Waals surface area contributed by atoms with Crippen LogP contribution in [0.15, 0.2) is 42.5 Å². The largest absolute Gasteiger partial charge is 0.457 e. The summed E-state index contributed by atoms with van der Waals surface area (Å²) in [4.78, 5) is 11.6. The summed E-state index contributed by atoms with van der Waals surface area (Å²) < 4.78 is 5.18. The van der Waals surface area contributed by atoms with Crippen molar-refractivity contribution in [2.45, 2.75) is 27.4 Å². The Kier molecular flexibility index (Phi) is 3.88. The van der Waals surface area contributed by atoms with E-state index in [-0.39, 0.29) is 11.4 Å².